The molecule has 23 heavy (non-hydrogen) atoms. The van der Waals surface area contributed by atoms with Gasteiger partial charge in [-0.25, -0.2) is 0 Å². The zero-order chi connectivity index (χ0) is 16.5. The van der Waals surface area contributed by atoms with Crippen LogP contribution in [0.2, 0.25) is 0 Å². The lowest BCUT2D eigenvalue weighted by Crippen LogP contribution is -2.42. The van der Waals surface area contributed by atoms with Crippen molar-refractivity contribution in [1.82, 2.24) is 10.6 Å². The Morgan fingerprint density at radius 1 is 1.17 bits per heavy atom. The zero-order valence-electron chi connectivity index (χ0n) is 14.5. The molecule has 0 spiro atoms. The van der Waals surface area contributed by atoms with Gasteiger partial charge in [-0.1, -0.05) is 31.4 Å². The van der Waals surface area contributed by atoms with Gasteiger partial charge >= 0.3 is 0 Å². The van der Waals surface area contributed by atoms with Crippen molar-refractivity contribution in [3.8, 4) is 5.75 Å². The molecule has 1 aromatic rings. The van der Waals surface area contributed by atoms with Gasteiger partial charge in [0.05, 0.1) is 7.11 Å². The van der Waals surface area contributed by atoms with Crippen LogP contribution in [0.5, 0.6) is 5.75 Å². The molecule has 1 aliphatic rings. The monoisotopic (exact) mass is 318 g/mol. The van der Waals surface area contributed by atoms with Crippen LogP contribution in [0.4, 0.5) is 0 Å². The summed E-state index contributed by atoms with van der Waals surface area (Å²) in [6.07, 6.45) is 7.56. The number of ether oxygens (including phenoxy) is 1. The number of amides is 1. The fourth-order valence-corrected chi connectivity index (χ4v) is 3.52. The maximum atomic E-state index is 12.1. The van der Waals surface area contributed by atoms with Gasteiger partial charge < -0.3 is 15.4 Å². The molecule has 0 aliphatic heterocycles. The van der Waals surface area contributed by atoms with Crippen LogP contribution in [0.25, 0.3) is 0 Å². The molecular formula is C19H30N2O2. The minimum absolute atomic E-state index is 0.0865. The first-order valence-corrected chi connectivity index (χ1v) is 8.76. The SMILES string of the molecule is CNCCCC(=O)NCC1(c2ccc(OC)cc2)CCCCC1. The van der Waals surface area contributed by atoms with Crippen LogP contribution in [0.3, 0.4) is 0 Å². The summed E-state index contributed by atoms with van der Waals surface area (Å²) in [6, 6.07) is 8.38. The summed E-state index contributed by atoms with van der Waals surface area (Å²) in [7, 11) is 3.61. The number of rotatable bonds is 8. The maximum absolute atomic E-state index is 12.1. The molecule has 0 heterocycles. The van der Waals surface area contributed by atoms with E-state index >= 15 is 0 Å². The van der Waals surface area contributed by atoms with Crippen molar-refractivity contribution in [1.29, 1.82) is 0 Å². The lowest BCUT2D eigenvalue weighted by Gasteiger charge is -2.38. The quantitative estimate of drug-likeness (QED) is 0.725. The summed E-state index contributed by atoms with van der Waals surface area (Å²) in [5.41, 5.74) is 1.41. The van der Waals surface area contributed by atoms with Gasteiger partial charge in [0.25, 0.3) is 0 Å². The molecule has 1 fully saturated rings. The van der Waals surface area contributed by atoms with Gasteiger partial charge in [-0.05, 0) is 50.6 Å². The molecule has 1 amide bonds. The number of carbonyl (C=O) groups excluding carboxylic acids is 1. The number of hydrogen-bond acceptors (Lipinski definition) is 3. The molecule has 4 nitrogen and oxygen atoms in total. The highest BCUT2D eigenvalue weighted by molar-refractivity contribution is 5.76. The average Bonchev–Trinajstić information content (AvgIpc) is 2.61. The molecular weight excluding hydrogens is 288 g/mol. The number of hydrogen-bond donors (Lipinski definition) is 2. The summed E-state index contributed by atoms with van der Waals surface area (Å²) in [5, 5.41) is 6.26. The molecule has 0 radical (unpaired) electrons. The van der Waals surface area contributed by atoms with Gasteiger partial charge in [-0.2, -0.15) is 0 Å². The molecule has 128 valence electrons. The Balaban J connectivity index is 2.01. The van der Waals surface area contributed by atoms with Crippen LogP contribution in [0.1, 0.15) is 50.5 Å². The Labute approximate surface area is 140 Å². The van der Waals surface area contributed by atoms with Gasteiger partial charge in [-0.3, -0.25) is 4.79 Å². The Morgan fingerprint density at radius 2 is 1.87 bits per heavy atom. The first-order valence-electron chi connectivity index (χ1n) is 8.76. The lowest BCUT2D eigenvalue weighted by molar-refractivity contribution is -0.121. The van der Waals surface area contributed by atoms with Crippen LogP contribution >= 0.6 is 0 Å². The highest BCUT2D eigenvalue weighted by atomic mass is 16.5. The van der Waals surface area contributed by atoms with Gasteiger partial charge in [0.2, 0.25) is 5.91 Å². The smallest absolute Gasteiger partial charge is 0.220 e. The Hall–Kier alpha value is -1.55. The number of nitrogens with one attached hydrogen (secondary N) is 2. The van der Waals surface area contributed by atoms with E-state index in [1.54, 1.807) is 7.11 Å². The van der Waals surface area contributed by atoms with E-state index in [9.17, 15) is 4.79 Å². The molecule has 1 saturated carbocycles. The topological polar surface area (TPSA) is 50.4 Å². The molecule has 0 unspecified atom stereocenters. The Morgan fingerprint density at radius 3 is 2.48 bits per heavy atom. The molecule has 2 rings (SSSR count). The van der Waals surface area contributed by atoms with Crippen molar-refractivity contribution >= 4 is 5.91 Å². The summed E-state index contributed by atoms with van der Waals surface area (Å²) in [6.45, 7) is 1.63. The van der Waals surface area contributed by atoms with E-state index in [-0.39, 0.29) is 11.3 Å². The number of benzene rings is 1. The van der Waals surface area contributed by atoms with Crippen LogP contribution in [0.15, 0.2) is 24.3 Å². The first kappa shape index (κ1) is 17.8. The third-order valence-electron chi connectivity index (χ3n) is 4.97. The number of carbonyl (C=O) groups is 1. The van der Waals surface area contributed by atoms with Crippen molar-refractivity contribution in [3.63, 3.8) is 0 Å². The van der Waals surface area contributed by atoms with Crippen LogP contribution in [0, 0.1) is 0 Å². The minimum atomic E-state index is 0.0865. The summed E-state index contributed by atoms with van der Waals surface area (Å²) in [5.74, 6) is 1.05. The molecule has 0 aromatic heterocycles. The van der Waals surface area contributed by atoms with Crippen molar-refractivity contribution in [2.24, 2.45) is 0 Å². The standard InChI is InChI=1S/C19H30N2O2/c1-20-14-6-7-18(22)21-15-19(12-4-3-5-13-19)16-8-10-17(23-2)11-9-16/h8-11,20H,3-7,12-15H2,1-2H3,(H,21,22). The van der Waals surface area contributed by atoms with Crippen molar-refractivity contribution in [2.45, 2.75) is 50.4 Å². The Kier molecular flexibility index (Phi) is 6.90. The van der Waals surface area contributed by atoms with Gasteiger partial charge in [0.1, 0.15) is 5.75 Å². The predicted molar refractivity (Wildman–Crippen MR) is 93.9 cm³/mol. The first-order chi connectivity index (χ1) is 11.2. The average molecular weight is 318 g/mol. The second-order valence-corrected chi connectivity index (χ2v) is 6.55. The second-order valence-electron chi connectivity index (χ2n) is 6.55. The fraction of sp³-hybridized carbons (Fsp3) is 0.632. The Bertz CT molecular complexity index is 479. The van der Waals surface area contributed by atoms with Crippen LogP contribution in [-0.4, -0.2) is 33.2 Å². The predicted octanol–water partition coefficient (Wildman–Crippen LogP) is 3.01. The van der Waals surface area contributed by atoms with Crippen molar-refractivity contribution < 1.29 is 9.53 Å². The normalized spacial score (nSPS) is 16.8. The highest BCUT2D eigenvalue weighted by Gasteiger charge is 2.34. The third kappa shape index (κ3) is 4.96. The summed E-state index contributed by atoms with van der Waals surface area (Å²) < 4.78 is 5.27. The van der Waals surface area contributed by atoms with Gasteiger partial charge in [0.15, 0.2) is 0 Å². The van der Waals surface area contributed by atoms with E-state index in [1.807, 2.05) is 19.2 Å². The molecule has 1 aromatic carbocycles. The molecule has 4 heteroatoms. The lowest BCUT2D eigenvalue weighted by atomic mass is 9.69. The van der Waals surface area contributed by atoms with Crippen molar-refractivity contribution in [2.75, 3.05) is 27.2 Å². The summed E-state index contributed by atoms with van der Waals surface area (Å²) >= 11 is 0. The zero-order valence-corrected chi connectivity index (χ0v) is 14.5. The van der Waals surface area contributed by atoms with E-state index in [2.05, 4.69) is 22.8 Å². The van der Waals surface area contributed by atoms with Crippen LogP contribution in [-0.2, 0) is 10.2 Å². The van der Waals surface area contributed by atoms with Crippen LogP contribution < -0.4 is 15.4 Å². The van der Waals surface area contributed by atoms with E-state index in [0.717, 1.165) is 38.1 Å². The fourth-order valence-electron chi connectivity index (χ4n) is 3.52. The minimum Gasteiger partial charge on any atom is -0.497 e. The maximum Gasteiger partial charge on any atom is 0.220 e. The van der Waals surface area contributed by atoms with E-state index in [0.29, 0.717) is 6.42 Å². The summed E-state index contributed by atoms with van der Waals surface area (Å²) in [4.78, 5) is 12.1. The van der Waals surface area contributed by atoms with E-state index < -0.39 is 0 Å². The van der Waals surface area contributed by atoms with Gasteiger partial charge in [0, 0.05) is 18.4 Å². The second kappa shape index (κ2) is 8.92. The largest absolute Gasteiger partial charge is 0.497 e. The van der Waals surface area contributed by atoms with Gasteiger partial charge in [-0.15, -0.1) is 0 Å². The van der Waals surface area contributed by atoms with E-state index in [4.69, 9.17) is 4.74 Å². The number of methoxy groups -OCH3 is 1. The molecule has 2 N–H and O–H groups in total. The molecule has 1 aliphatic carbocycles. The molecule has 0 bridgehead atoms. The van der Waals surface area contributed by atoms with Crippen molar-refractivity contribution in [3.05, 3.63) is 29.8 Å². The molecule has 0 atom stereocenters. The molecule has 0 saturated heterocycles. The third-order valence-corrected chi connectivity index (χ3v) is 4.97. The highest BCUT2D eigenvalue weighted by Crippen LogP contribution is 2.39. The van der Waals surface area contributed by atoms with E-state index in [1.165, 1.54) is 24.8 Å².